The number of hydrogen-bond acceptors (Lipinski definition) is 1. The van der Waals surface area contributed by atoms with Crippen molar-refractivity contribution in [3.8, 4) is 0 Å². The molecule has 2 unspecified atom stereocenters. The molecule has 0 aromatic carbocycles. The topological polar surface area (TPSA) is 23.6 Å². The van der Waals surface area contributed by atoms with Gasteiger partial charge in [0, 0.05) is 13.1 Å². The Bertz CT molecular complexity index is 238. The molecule has 0 N–H and O–H groups in total. The van der Waals surface area contributed by atoms with Gasteiger partial charge in [0.25, 0.3) is 0 Å². The van der Waals surface area contributed by atoms with E-state index in [2.05, 4.69) is 0 Å². The second-order valence-corrected chi connectivity index (χ2v) is 4.53. The van der Waals surface area contributed by atoms with Crippen molar-refractivity contribution in [1.82, 2.24) is 9.80 Å². The number of alkyl halides is 2. The maximum atomic E-state index is 13.5. The molecule has 0 aromatic rings. The van der Waals surface area contributed by atoms with E-state index in [-0.39, 0.29) is 0 Å². The lowest BCUT2D eigenvalue weighted by Gasteiger charge is -2.38. The van der Waals surface area contributed by atoms with Gasteiger partial charge in [-0.15, -0.1) is 0 Å². The van der Waals surface area contributed by atoms with Crippen LogP contribution in [0.15, 0.2) is 0 Å². The average Bonchev–Trinajstić information content (AvgIpc) is 2.29. The first-order chi connectivity index (χ1) is 7.70. The molecule has 2 atom stereocenters. The van der Waals surface area contributed by atoms with Gasteiger partial charge in [0.1, 0.15) is 0 Å². The van der Waals surface area contributed by atoms with Crippen LogP contribution in [-0.4, -0.2) is 41.5 Å². The lowest BCUT2D eigenvalue weighted by Crippen LogP contribution is -2.52. The van der Waals surface area contributed by atoms with Crippen molar-refractivity contribution in [1.29, 1.82) is 0 Å². The van der Waals surface area contributed by atoms with Crippen molar-refractivity contribution < 1.29 is 13.6 Å². The zero-order valence-electron chi connectivity index (χ0n) is 9.37. The average molecular weight is 232 g/mol. The maximum Gasteiger partial charge on any atom is 0.324 e. The van der Waals surface area contributed by atoms with E-state index in [0.29, 0.717) is 25.9 Å². The van der Waals surface area contributed by atoms with Gasteiger partial charge in [-0.25, -0.2) is 13.6 Å². The molecule has 2 amide bonds. The second kappa shape index (κ2) is 4.97. The molecule has 0 saturated carbocycles. The van der Waals surface area contributed by atoms with E-state index >= 15 is 0 Å². The van der Waals surface area contributed by atoms with Crippen LogP contribution in [0.1, 0.15) is 38.5 Å². The number of piperidine rings is 2. The third-order valence-electron chi connectivity index (χ3n) is 3.35. The Morgan fingerprint density at radius 3 is 1.69 bits per heavy atom. The summed E-state index contributed by atoms with van der Waals surface area (Å²) in [7, 11) is 0. The van der Waals surface area contributed by atoms with Gasteiger partial charge in [0.05, 0.1) is 0 Å². The Morgan fingerprint density at radius 2 is 1.31 bits per heavy atom. The smallest absolute Gasteiger partial charge is 0.294 e. The SMILES string of the molecule is O=C(N1CCCCC1F)N1CCCCC1F. The lowest BCUT2D eigenvalue weighted by molar-refractivity contribution is 0.0148. The number of hydrogen-bond donors (Lipinski definition) is 0. The van der Waals surface area contributed by atoms with Gasteiger partial charge in [-0.1, -0.05) is 0 Å². The van der Waals surface area contributed by atoms with Crippen LogP contribution in [0.2, 0.25) is 0 Å². The van der Waals surface area contributed by atoms with Crippen LogP contribution in [0.5, 0.6) is 0 Å². The number of halogens is 2. The van der Waals surface area contributed by atoms with Gasteiger partial charge in [-0.2, -0.15) is 0 Å². The summed E-state index contributed by atoms with van der Waals surface area (Å²) < 4.78 is 27.1. The minimum Gasteiger partial charge on any atom is -0.294 e. The highest BCUT2D eigenvalue weighted by atomic mass is 19.1. The minimum atomic E-state index is -1.23. The molecule has 2 fully saturated rings. The van der Waals surface area contributed by atoms with Crippen LogP contribution < -0.4 is 0 Å². The predicted molar refractivity (Wildman–Crippen MR) is 56.3 cm³/mol. The maximum absolute atomic E-state index is 13.5. The molecule has 5 heteroatoms. The van der Waals surface area contributed by atoms with Crippen LogP contribution >= 0.6 is 0 Å². The first-order valence-electron chi connectivity index (χ1n) is 6.05. The number of nitrogens with zero attached hydrogens (tertiary/aromatic N) is 2. The Kier molecular flexibility index (Phi) is 3.61. The monoisotopic (exact) mass is 232 g/mol. The third-order valence-corrected chi connectivity index (χ3v) is 3.35. The quantitative estimate of drug-likeness (QED) is 0.589. The molecule has 2 aliphatic rings. The fourth-order valence-electron chi connectivity index (χ4n) is 2.38. The van der Waals surface area contributed by atoms with Crippen molar-refractivity contribution in [2.24, 2.45) is 0 Å². The van der Waals surface area contributed by atoms with Crippen molar-refractivity contribution in [2.75, 3.05) is 13.1 Å². The van der Waals surface area contributed by atoms with E-state index in [4.69, 9.17) is 0 Å². The second-order valence-electron chi connectivity index (χ2n) is 4.53. The number of rotatable bonds is 0. The zero-order valence-corrected chi connectivity index (χ0v) is 9.37. The van der Waals surface area contributed by atoms with E-state index in [1.807, 2.05) is 0 Å². The van der Waals surface area contributed by atoms with Gasteiger partial charge in [0.15, 0.2) is 12.6 Å². The molecule has 0 aliphatic carbocycles. The summed E-state index contributed by atoms with van der Waals surface area (Å²) in [5.41, 5.74) is 0. The van der Waals surface area contributed by atoms with Crippen molar-refractivity contribution >= 4 is 6.03 Å². The van der Waals surface area contributed by atoms with E-state index in [1.165, 1.54) is 9.80 Å². The minimum absolute atomic E-state index is 0.385. The van der Waals surface area contributed by atoms with Gasteiger partial charge in [-0.05, 0) is 38.5 Å². The van der Waals surface area contributed by atoms with Crippen LogP contribution in [0.3, 0.4) is 0 Å². The molecule has 2 rings (SSSR count). The summed E-state index contributed by atoms with van der Waals surface area (Å²) in [6, 6.07) is -0.459. The molecule has 3 nitrogen and oxygen atoms in total. The van der Waals surface area contributed by atoms with E-state index in [0.717, 1.165) is 25.7 Å². The highest BCUT2D eigenvalue weighted by Gasteiger charge is 2.34. The molecule has 2 aliphatic heterocycles. The normalized spacial score (nSPS) is 31.6. The van der Waals surface area contributed by atoms with E-state index in [1.54, 1.807) is 0 Å². The van der Waals surface area contributed by atoms with Gasteiger partial charge >= 0.3 is 6.03 Å². The van der Waals surface area contributed by atoms with Gasteiger partial charge in [0.2, 0.25) is 0 Å². The van der Waals surface area contributed by atoms with Crippen molar-refractivity contribution in [3.63, 3.8) is 0 Å². The summed E-state index contributed by atoms with van der Waals surface area (Å²) in [6.07, 6.45) is 1.57. The standard InChI is InChI=1S/C11H18F2N2O/c12-9-5-1-3-7-14(9)11(16)15-8-4-2-6-10(15)13/h9-10H,1-8H2. The molecule has 16 heavy (non-hydrogen) atoms. The van der Waals surface area contributed by atoms with Crippen LogP contribution in [0.25, 0.3) is 0 Å². The lowest BCUT2D eigenvalue weighted by atomic mass is 10.1. The van der Waals surface area contributed by atoms with Gasteiger partial charge < -0.3 is 0 Å². The first kappa shape index (κ1) is 11.6. The summed E-state index contributed by atoms with van der Waals surface area (Å²) >= 11 is 0. The van der Waals surface area contributed by atoms with E-state index < -0.39 is 18.6 Å². The fourth-order valence-corrected chi connectivity index (χ4v) is 2.38. The van der Waals surface area contributed by atoms with E-state index in [9.17, 15) is 13.6 Å². The molecule has 2 heterocycles. The predicted octanol–water partition coefficient (Wildman–Crippen LogP) is 2.67. The summed E-state index contributed by atoms with van der Waals surface area (Å²) in [4.78, 5) is 14.3. The number of amides is 2. The first-order valence-corrected chi connectivity index (χ1v) is 6.05. The highest BCUT2D eigenvalue weighted by Crippen LogP contribution is 2.24. The summed E-state index contributed by atoms with van der Waals surface area (Å²) in [5, 5.41) is 0. The Labute approximate surface area is 94.4 Å². The van der Waals surface area contributed by atoms with Crippen LogP contribution in [-0.2, 0) is 0 Å². The molecular formula is C11H18F2N2O. The molecule has 2 saturated heterocycles. The van der Waals surface area contributed by atoms with Crippen LogP contribution in [0.4, 0.5) is 13.6 Å². The Hall–Kier alpha value is -0.870. The number of carbonyl (C=O) groups is 1. The van der Waals surface area contributed by atoms with Crippen molar-refractivity contribution in [3.05, 3.63) is 0 Å². The molecular weight excluding hydrogens is 214 g/mol. The highest BCUT2D eigenvalue weighted by molar-refractivity contribution is 5.75. The Balaban J connectivity index is 1.99. The number of carbonyl (C=O) groups excluding carboxylic acids is 1. The fraction of sp³-hybridized carbons (Fsp3) is 0.909. The molecule has 92 valence electrons. The van der Waals surface area contributed by atoms with Crippen LogP contribution in [0, 0.1) is 0 Å². The number of likely N-dealkylation sites (tertiary alicyclic amines) is 2. The largest absolute Gasteiger partial charge is 0.324 e. The Morgan fingerprint density at radius 1 is 0.875 bits per heavy atom. The van der Waals surface area contributed by atoms with Crippen molar-refractivity contribution in [2.45, 2.75) is 51.1 Å². The number of urea groups is 1. The molecule has 0 radical (unpaired) electrons. The summed E-state index contributed by atoms with van der Waals surface area (Å²) in [6.45, 7) is 0.840. The third kappa shape index (κ3) is 2.28. The molecule has 0 spiro atoms. The van der Waals surface area contributed by atoms with Gasteiger partial charge in [-0.3, -0.25) is 9.80 Å². The molecule has 0 bridgehead atoms. The summed E-state index contributed by atoms with van der Waals surface area (Å²) in [5.74, 6) is 0. The zero-order chi connectivity index (χ0) is 11.5. The molecule has 0 aromatic heterocycles.